The molecule has 0 aliphatic carbocycles. The maximum absolute atomic E-state index is 14.0. The zero-order valence-electron chi connectivity index (χ0n) is 14.4. The SMILES string of the molecule is O=C([O-])CCc1ccc(NCc2ccc3c(c2)NCCC3)cc1F.[Na+]. The predicted molar refractivity (Wildman–Crippen MR) is 90.3 cm³/mol. The average molecular weight is 350 g/mol. The van der Waals surface area contributed by atoms with Gasteiger partial charge in [-0.3, -0.25) is 0 Å². The fourth-order valence-corrected chi connectivity index (χ4v) is 2.92. The van der Waals surface area contributed by atoms with E-state index in [0.717, 1.165) is 24.9 Å². The molecule has 1 heterocycles. The van der Waals surface area contributed by atoms with Crippen molar-refractivity contribution in [3.05, 3.63) is 58.9 Å². The monoisotopic (exact) mass is 350 g/mol. The summed E-state index contributed by atoms with van der Waals surface area (Å²) >= 11 is 0. The van der Waals surface area contributed by atoms with Crippen LogP contribution in [0.15, 0.2) is 36.4 Å². The second-order valence-electron chi connectivity index (χ2n) is 6.05. The molecule has 1 aliphatic heterocycles. The van der Waals surface area contributed by atoms with Crippen LogP contribution in [0.1, 0.15) is 29.5 Å². The third-order valence-corrected chi connectivity index (χ3v) is 4.26. The number of hydrogen-bond donors (Lipinski definition) is 2. The van der Waals surface area contributed by atoms with Crippen LogP contribution in [0.3, 0.4) is 0 Å². The van der Waals surface area contributed by atoms with E-state index in [4.69, 9.17) is 0 Å². The predicted octanol–water partition coefficient (Wildman–Crippen LogP) is -0.518. The Morgan fingerprint density at radius 3 is 2.84 bits per heavy atom. The van der Waals surface area contributed by atoms with Gasteiger partial charge in [0.25, 0.3) is 0 Å². The molecule has 3 rings (SSSR count). The molecule has 0 radical (unpaired) electrons. The van der Waals surface area contributed by atoms with Gasteiger partial charge in [-0.2, -0.15) is 0 Å². The Labute approximate surface area is 169 Å². The number of aliphatic carboxylic acids is 1. The summed E-state index contributed by atoms with van der Waals surface area (Å²) in [5, 5.41) is 17.1. The molecule has 0 saturated carbocycles. The van der Waals surface area contributed by atoms with Crippen molar-refractivity contribution in [3.63, 3.8) is 0 Å². The molecule has 126 valence electrons. The average Bonchev–Trinajstić information content (AvgIpc) is 2.59. The zero-order valence-corrected chi connectivity index (χ0v) is 16.4. The van der Waals surface area contributed by atoms with E-state index in [1.165, 1.54) is 17.3 Å². The molecule has 6 heteroatoms. The molecule has 0 atom stereocenters. The molecule has 0 fully saturated rings. The maximum Gasteiger partial charge on any atom is 1.00 e. The van der Waals surface area contributed by atoms with Crippen molar-refractivity contribution in [3.8, 4) is 0 Å². The molecular formula is C19H20FN2NaO2. The summed E-state index contributed by atoms with van der Waals surface area (Å²) < 4.78 is 14.0. The minimum Gasteiger partial charge on any atom is -0.550 e. The second-order valence-corrected chi connectivity index (χ2v) is 6.05. The fraction of sp³-hybridized carbons (Fsp3) is 0.316. The van der Waals surface area contributed by atoms with Gasteiger partial charge in [0.05, 0.1) is 0 Å². The maximum atomic E-state index is 14.0. The Morgan fingerprint density at radius 1 is 1.24 bits per heavy atom. The van der Waals surface area contributed by atoms with Crippen molar-refractivity contribution in [2.75, 3.05) is 17.2 Å². The Bertz CT molecular complexity index is 752. The molecule has 4 nitrogen and oxygen atoms in total. The Balaban J connectivity index is 0.00000225. The first-order valence-electron chi connectivity index (χ1n) is 8.19. The summed E-state index contributed by atoms with van der Waals surface area (Å²) in [7, 11) is 0. The standard InChI is InChI=1S/C19H21FN2O2.Na/c20-17-11-16(7-5-14(17)6-8-19(23)24)22-12-13-3-4-15-2-1-9-21-18(15)10-13;/h3-5,7,10-11,21-22H,1-2,6,8-9,12H2,(H,23,24);/q;+1/p-1. The number of halogens is 1. The van der Waals surface area contributed by atoms with E-state index < -0.39 is 11.8 Å². The Hall–Kier alpha value is -1.56. The minimum atomic E-state index is -1.17. The van der Waals surface area contributed by atoms with Gasteiger partial charge in [-0.15, -0.1) is 0 Å². The molecule has 2 aromatic rings. The third-order valence-electron chi connectivity index (χ3n) is 4.26. The summed E-state index contributed by atoms with van der Waals surface area (Å²) in [6.45, 7) is 1.61. The quantitative estimate of drug-likeness (QED) is 0.689. The van der Waals surface area contributed by atoms with E-state index in [1.807, 2.05) is 0 Å². The third kappa shape index (κ3) is 5.46. The van der Waals surface area contributed by atoms with E-state index in [0.29, 0.717) is 17.8 Å². The van der Waals surface area contributed by atoms with Gasteiger partial charge in [0, 0.05) is 30.4 Å². The van der Waals surface area contributed by atoms with Crippen molar-refractivity contribution >= 4 is 17.3 Å². The summed E-state index contributed by atoms with van der Waals surface area (Å²) in [6, 6.07) is 11.2. The first-order valence-corrected chi connectivity index (χ1v) is 8.19. The number of hydrogen-bond acceptors (Lipinski definition) is 4. The van der Waals surface area contributed by atoms with Gasteiger partial charge in [0.15, 0.2) is 0 Å². The number of rotatable bonds is 6. The number of aryl methyl sites for hydroxylation is 2. The number of benzene rings is 2. The van der Waals surface area contributed by atoms with Crippen molar-refractivity contribution in [2.45, 2.75) is 32.2 Å². The van der Waals surface area contributed by atoms with Crippen LogP contribution in [-0.4, -0.2) is 12.5 Å². The van der Waals surface area contributed by atoms with E-state index in [2.05, 4.69) is 28.8 Å². The van der Waals surface area contributed by atoms with E-state index in [9.17, 15) is 14.3 Å². The number of carbonyl (C=O) groups excluding carboxylic acids is 1. The minimum absolute atomic E-state index is 0. The number of fused-ring (bicyclic) bond motifs is 1. The zero-order chi connectivity index (χ0) is 16.9. The normalized spacial score (nSPS) is 12.5. The van der Waals surface area contributed by atoms with Crippen LogP contribution >= 0.6 is 0 Å². The van der Waals surface area contributed by atoms with Gasteiger partial charge < -0.3 is 20.5 Å². The van der Waals surface area contributed by atoms with Crippen LogP contribution in [0.5, 0.6) is 0 Å². The molecule has 1 aliphatic rings. The van der Waals surface area contributed by atoms with Crippen molar-refractivity contribution in [2.24, 2.45) is 0 Å². The summed E-state index contributed by atoms with van der Waals surface area (Å²) in [5.41, 5.74) is 4.72. The number of carboxylic acid groups (broad SMARTS) is 1. The number of carbonyl (C=O) groups is 1. The van der Waals surface area contributed by atoms with Crippen LogP contribution in [0.2, 0.25) is 0 Å². The van der Waals surface area contributed by atoms with E-state index >= 15 is 0 Å². The smallest absolute Gasteiger partial charge is 0.550 e. The van der Waals surface area contributed by atoms with E-state index in [-0.39, 0.29) is 42.4 Å². The molecule has 0 amide bonds. The molecule has 25 heavy (non-hydrogen) atoms. The molecule has 0 saturated heterocycles. The molecule has 0 aromatic heterocycles. The molecule has 2 N–H and O–H groups in total. The molecular weight excluding hydrogens is 330 g/mol. The molecule has 2 aromatic carbocycles. The van der Waals surface area contributed by atoms with Gasteiger partial charge in [-0.1, -0.05) is 18.2 Å². The summed E-state index contributed by atoms with van der Waals surface area (Å²) in [5.74, 6) is -1.56. The topological polar surface area (TPSA) is 64.2 Å². The van der Waals surface area contributed by atoms with Crippen LogP contribution in [0, 0.1) is 5.82 Å². The first-order chi connectivity index (χ1) is 11.6. The van der Waals surface area contributed by atoms with Crippen molar-refractivity contribution < 1.29 is 43.8 Å². The number of anilines is 2. The molecule has 0 unspecified atom stereocenters. The number of nitrogens with one attached hydrogen (secondary N) is 2. The van der Waals surface area contributed by atoms with Gasteiger partial charge in [-0.25, -0.2) is 4.39 Å². The number of carboxylic acids is 1. The molecule has 0 bridgehead atoms. The summed E-state index contributed by atoms with van der Waals surface area (Å²) in [6.07, 6.45) is 2.24. The van der Waals surface area contributed by atoms with Crippen LogP contribution < -0.4 is 45.3 Å². The largest absolute Gasteiger partial charge is 1.00 e. The second kappa shape index (κ2) is 9.22. The van der Waals surface area contributed by atoms with Gasteiger partial charge in [-0.05, 0) is 60.6 Å². The summed E-state index contributed by atoms with van der Waals surface area (Å²) in [4.78, 5) is 10.5. The molecule has 0 spiro atoms. The Morgan fingerprint density at radius 2 is 2.08 bits per heavy atom. The van der Waals surface area contributed by atoms with Crippen LogP contribution in [-0.2, 0) is 24.2 Å². The van der Waals surface area contributed by atoms with Gasteiger partial charge in [0.1, 0.15) is 5.82 Å². The Kier molecular flexibility index (Phi) is 7.29. The first kappa shape index (κ1) is 19.8. The van der Waals surface area contributed by atoms with Crippen LogP contribution in [0.4, 0.5) is 15.8 Å². The fourth-order valence-electron chi connectivity index (χ4n) is 2.92. The van der Waals surface area contributed by atoms with Crippen molar-refractivity contribution in [1.29, 1.82) is 0 Å². The van der Waals surface area contributed by atoms with E-state index in [1.54, 1.807) is 12.1 Å². The van der Waals surface area contributed by atoms with Gasteiger partial charge in [0.2, 0.25) is 0 Å². The van der Waals surface area contributed by atoms with Crippen LogP contribution in [0.25, 0.3) is 0 Å². The van der Waals surface area contributed by atoms with Crippen molar-refractivity contribution in [1.82, 2.24) is 0 Å². The van der Waals surface area contributed by atoms with Gasteiger partial charge >= 0.3 is 29.6 Å².